The Kier molecular flexibility index (Phi) is 6.49. The van der Waals surface area contributed by atoms with Crippen LogP contribution in [0.2, 0.25) is 0 Å². The lowest BCUT2D eigenvalue weighted by Crippen LogP contribution is -2.28. The summed E-state index contributed by atoms with van der Waals surface area (Å²) in [6.45, 7) is 0. The zero-order chi connectivity index (χ0) is 20.9. The number of thiophene rings is 1. The van der Waals surface area contributed by atoms with Crippen molar-refractivity contribution in [3.8, 4) is 10.6 Å². The maximum absolute atomic E-state index is 7.70. The van der Waals surface area contributed by atoms with E-state index in [4.69, 9.17) is 16.1 Å². The number of hydrogen-bond donors (Lipinski definition) is 4. The van der Waals surface area contributed by atoms with E-state index in [1.165, 1.54) is 22.5 Å². The molecule has 0 aliphatic carbocycles. The number of benzene rings is 2. The zero-order valence-corrected chi connectivity index (χ0v) is 18.7. The second-order valence-corrected chi connectivity index (χ2v) is 9.48. The number of thiazole rings is 1. The van der Waals surface area contributed by atoms with Crippen LogP contribution in [0.1, 0.15) is 22.0 Å². The van der Waals surface area contributed by atoms with Crippen molar-refractivity contribution in [3.63, 3.8) is 0 Å². The molecular formula is C22H21N5S3. The molecule has 5 N–H and O–H groups in total. The number of nitrogen functional groups attached to an aromatic ring is 1. The molecule has 2 heterocycles. The molecule has 0 amide bonds. The molecule has 0 spiro atoms. The summed E-state index contributed by atoms with van der Waals surface area (Å²) >= 11 is 4.74. The fourth-order valence-electron chi connectivity index (χ4n) is 3.06. The van der Waals surface area contributed by atoms with E-state index in [1.807, 2.05) is 54.1 Å². The number of hydrogen-bond acceptors (Lipinski definition) is 7. The van der Waals surface area contributed by atoms with Gasteiger partial charge in [-0.3, -0.25) is 5.41 Å². The number of nitrogens with one attached hydrogen (secondary N) is 3. The molecule has 4 rings (SSSR count). The molecule has 8 heteroatoms. The third kappa shape index (κ3) is 4.57. The van der Waals surface area contributed by atoms with E-state index in [9.17, 15) is 0 Å². The summed E-state index contributed by atoms with van der Waals surface area (Å²) < 4.78 is 1.11. The molecule has 30 heavy (non-hydrogen) atoms. The number of hydrazine groups is 1. The van der Waals surface area contributed by atoms with Crippen molar-refractivity contribution in [1.29, 1.82) is 5.41 Å². The first-order valence-corrected chi connectivity index (χ1v) is 12.2. The van der Waals surface area contributed by atoms with E-state index in [1.54, 1.807) is 23.1 Å². The molecule has 0 saturated carbocycles. The van der Waals surface area contributed by atoms with Crippen LogP contribution in [0.5, 0.6) is 0 Å². The minimum Gasteiger partial charge on any atom is -0.383 e. The molecule has 152 valence electrons. The Morgan fingerprint density at radius 1 is 1.07 bits per heavy atom. The van der Waals surface area contributed by atoms with Gasteiger partial charge in [0.2, 0.25) is 0 Å². The Balaban J connectivity index is 1.55. The van der Waals surface area contributed by atoms with Gasteiger partial charge in [-0.2, -0.15) is 0 Å². The topological polar surface area (TPSA) is 86.8 Å². The van der Waals surface area contributed by atoms with E-state index in [0.717, 1.165) is 25.5 Å². The zero-order valence-electron chi connectivity index (χ0n) is 16.3. The summed E-state index contributed by atoms with van der Waals surface area (Å²) in [6, 6.07) is 22.6. The minimum atomic E-state index is -0.00947. The molecule has 4 aromatic rings. The van der Waals surface area contributed by atoms with Crippen molar-refractivity contribution in [3.05, 3.63) is 88.1 Å². The number of anilines is 1. The van der Waals surface area contributed by atoms with Crippen molar-refractivity contribution < 1.29 is 0 Å². The van der Waals surface area contributed by atoms with E-state index in [0.29, 0.717) is 0 Å². The highest BCUT2D eigenvalue weighted by molar-refractivity contribution is 8.00. The van der Waals surface area contributed by atoms with E-state index in [2.05, 4.69) is 35.1 Å². The van der Waals surface area contributed by atoms with Crippen molar-refractivity contribution in [2.24, 2.45) is 5.73 Å². The number of thioether (sulfide) groups is 1. The van der Waals surface area contributed by atoms with Gasteiger partial charge in [0.1, 0.15) is 10.8 Å². The van der Waals surface area contributed by atoms with Gasteiger partial charge in [-0.15, -0.1) is 34.4 Å². The fourth-order valence-corrected chi connectivity index (χ4v) is 5.69. The van der Waals surface area contributed by atoms with Crippen LogP contribution in [0.15, 0.2) is 76.3 Å². The normalized spacial score (nSPS) is 11.0. The molecule has 0 aliphatic heterocycles. The van der Waals surface area contributed by atoms with Crippen LogP contribution in [0.25, 0.3) is 10.6 Å². The van der Waals surface area contributed by atoms with Crippen molar-refractivity contribution in [1.82, 2.24) is 10.4 Å². The van der Waals surface area contributed by atoms with Gasteiger partial charge in [0.15, 0.2) is 5.82 Å². The van der Waals surface area contributed by atoms with Crippen LogP contribution in [0.3, 0.4) is 0 Å². The van der Waals surface area contributed by atoms with E-state index >= 15 is 0 Å². The second-order valence-electron chi connectivity index (χ2n) is 6.49. The van der Waals surface area contributed by atoms with Crippen molar-refractivity contribution in [2.75, 3.05) is 11.7 Å². The molecule has 0 bridgehead atoms. The average Bonchev–Trinajstić information content (AvgIpc) is 3.42. The second kappa shape index (κ2) is 9.44. The number of nitrogens with two attached hydrogens (primary N) is 1. The Morgan fingerprint density at radius 2 is 1.70 bits per heavy atom. The molecule has 0 unspecified atom stereocenters. The molecule has 2 aromatic heterocycles. The average molecular weight is 452 g/mol. The summed E-state index contributed by atoms with van der Waals surface area (Å²) in [6.07, 6.45) is 2.03. The Labute approximate surface area is 187 Å². The minimum absolute atomic E-state index is 0.00947. The molecule has 2 aromatic carbocycles. The first-order valence-electron chi connectivity index (χ1n) is 9.25. The first kappa shape index (κ1) is 20.6. The molecule has 0 saturated heterocycles. The highest BCUT2D eigenvalue weighted by Gasteiger charge is 2.17. The maximum Gasteiger partial charge on any atom is 0.151 e. The van der Waals surface area contributed by atoms with Crippen LogP contribution >= 0.6 is 34.4 Å². The van der Waals surface area contributed by atoms with Crippen molar-refractivity contribution >= 4 is 46.1 Å². The van der Waals surface area contributed by atoms with Crippen LogP contribution in [0, 0.1) is 5.41 Å². The summed E-state index contributed by atoms with van der Waals surface area (Å²) in [7, 11) is 0. The third-order valence-corrected chi connectivity index (χ3v) is 7.67. The lowest BCUT2D eigenvalue weighted by molar-refractivity contribution is 0.679. The predicted octanol–water partition coefficient (Wildman–Crippen LogP) is 5.58. The fraction of sp³-hybridized carbons (Fsp3) is 0.0909. The Bertz CT molecular complexity index is 1080. The first-order chi connectivity index (χ1) is 14.7. The van der Waals surface area contributed by atoms with Gasteiger partial charge in [-0.05, 0) is 23.4 Å². The van der Waals surface area contributed by atoms with Gasteiger partial charge >= 0.3 is 0 Å². The quantitative estimate of drug-likeness (QED) is 0.122. The van der Waals surface area contributed by atoms with Crippen LogP contribution < -0.4 is 16.6 Å². The maximum atomic E-state index is 7.70. The number of nitrogens with zero attached hydrogens (tertiary/aromatic N) is 1. The number of amidine groups is 1. The Morgan fingerprint density at radius 3 is 2.27 bits per heavy atom. The molecule has 0 fully saturated rings. The van der Waals surface area contributed by atoms with Gasteiger partial charge in [0.25, 0.3) is 0 Å². The van der Waals surface area contributed by atoms with Crippen molar-refractivity contribution in [2.45, 2.75) is 10.3 Å². The predicted molar refractivity (Wildman–Crippen MR) is 130 cm³/mol. The molecular weight excluding hydrogens is 430 g/mol. The van der Waals surface area contributed by atoms with Crippen LogP contribution in [-0.2, 0) is 0 Å². The van der Waals surface area contributed by atoms with Gasteiger partial charge in [0, 0.05) is 10.9 Å². The monoisotopic (exact) mass is 451 g/mol. The Hall–Kier alpha value is -2.65. The van der Waals surface area contributed by atoms with Gasteiger partial charge in [-0.1, -0.05) is 60.7 Å². The molecule has 0 radical (unpaired) electrons. The smallest absolute Gasteiger partial charge is 0.151 e. The standard InChI is InChI=1S/C22H21N5S3/c1-28-22-16(12-17(30-22)20(23)24)21-25-18(13-29-21)26-27-19(14-8-4-2-5-9-14)15-10-6-3-7-11-15/h2-13,19,26-27H,1H3,(H3,23,24). The molecule has 0 aliphatic rings. The number of rotatable bonds is 8. The van der Waals surface area contributed by atoms with Gasteiger partial charge in [-0.25, -0.2) is 10.4 Å². The summed E-state index contributed by atoms with van der Waals surface area (Å²) in [5.74, 6) is 0.848. The highest BCUT2D eigenvalue weighted by atomic mass is 32.2. The summed E-state index contributed by atoms with van der Waals surface area (Å²) in [5.41, 5.74) is 15.7. The highest BCUT2D eigenvalue weighted by Crippen LogP contribution is 2.39. The van der Waals surface area contributed by atoms with E-state index in [-0.39, 0.29) is 11.9 Å². The molecule has 5 nitrogen and oxygen atoms in total. The summed E-state index contributed by atoms with van der Waals surface area (Å²) in [5, 5.41) is 10.6. The van der Waals surface area contributed by atoms with E-state index < -0.39 is 0 Å². The molecule has 0 atom stereocenters. The largest absolute Gasteiger partial charge is 0.383 e. The lowest BCUT2D eigenvalue weighted by Gasteiger charge is -2.20. The summed E-state index contributed by atoms with van der Waals surface area (Å²) in [4.78, 5) is 5.52. The SMILES string of the molecule is CSc1sc(C(=N)N)cc1-c1nc(NNC(c2ccccc2)c2ccccc2)cs1. The lowest BCUT2D eigenvalue weighted by atomic mass is 9.99. The number of aromatic nitrogens is 1. The van der Waals surface area contributed by atoms with Crippen LogP contribution in [-0.4, -0.2) is 17.1 Å². The van der Waals surface area contributed by atoms with Crippen LogP contribution in [0.4, 0.5) is 5.82 Å². The van der Waals surface area contributed by atoms with Gasteiger partial charge in [0.05, 0.1) is 15.1 Å². The van der Waals surface area contributed by atoms with Gasteiger partial charge < -0.3 is 11.2 Å². The third-order valence-electron chi connectivity index (χ3n) is 4.49.